The second-order valence-electron chi connectivity index (χ2n) is 6.78. The Morgan fingerprint density at radius 2 is 1.53 bits per heavy atom. The number of halogens is 2. The topological polar surface area (TPSA) is 101 Å². The first-order valence-corrected chi connectivity index (χ1v) is 12.1. The highest BCUT2D eigenvalue weighted by atomic mass is 32.2. The molecule has 0 unspecified atom stereocenters. The fourth-order valence-electron chi connectivity index (χ4n) is 3.09. The van der Waals surface area contributed by atoms with Crippen molar-refractivity contribution < 1.29 is 30.4 Å². The number of amides is 1. The summed E-state index contributed by atoms with van der Waals surface area (Å²) < 4.78 is 75.0. The highest BCUT2D eigenvalue weighted by Gasteiger charge is 2.27. The van der Waals surface area contributed by atoms with Gasteiger partial charge in [-0.3, -0.25) is 4.79 Å². The SMILES string of the molecule is O=C(Nc1ccc(S(=O)(=O)C(F)F)cc1)c1cccc(S(=O)(=O)N2CCCCC2)c1. The van der Waals surface area contributed by atoms with Crippen LogP contribution >= 0.6 is 0 Å². The summed E-state index contributed by atoms with van der Waals surface area (Å²) in [5.74, 6) is -4.15. The average Bonchev–Trinajstić information content (AvgIpc) is 2.74. The molecule has 1 heterocycles. The first-order valence-electron chi connectivity index (χ1n) is 9.16. The summed E-state index contributed by atoms with van der Waals surface area (Å²) in [6.07, 6.45) is 2.55. The van der Waals surface area contributed by atoms with Crippen LogP contribution in [-0.2, 0) is 19.9 Å². The van der Waals surface area contributed by atoms with E-state index in [9.17, 15) is 30.4 Å². The van der Waals surface area contributed by atoms with Gasteiger partial charge in [0.15, 0.2) is 0 Å². The number of hydrogen-bond donors (Lipinski definition) is 1. The molecule has 3 rings (SSSR count). The van der Waals surface area contributed by atoms with Crippen LogP contribution in [0.3, 0.4) is 0 Å². The Bertz CT molecular complexity index is 1130. The van der Waals surface area contributed by atoms with E-state index in [0.717, 1.165) is 31.4 Å². The molecule has 1 N–H and O–H groups in total. The van der Waals surface area contributed by atoms with E-state index in [1.54, 1.807) is 0 Å². The molecule has 30 heavy (non-hydrogen) atoms. The van der Waals surface area contributed by atoms with Gasteiger partial charge in [0.1, 0.15) is 0 Å². The Kier molecular flexibility index (Phi) is 6.53. The maximum atomic E-state index is 12.8. The smallest absolute Gasteiger partial charge is 0.322 e. The monoisotopic (exact) mass is 458 g/mol. The molecule has 1 saturated heterocycles. The van der Waals surface area contributed by atoms with Gasteiger partial charge in [-0.25, -0.2) is 16.8 Å². The summed E-state index contributed by atoms with van der Waals surface area (Å²) in [5, 5.41) is 2.49. The fourth-order valence-corrected chi connectivity index (χ4v) is 5.37. The minimum absolute atomic E-state index is 0.00965. The third-order valence-electron chi connectivity index (χ3n) is 4.72. The van der Waals surface area contributed by atoms with Crippen LogP contribution in [0, 0.1) is 0 Å². The molecule has 1 aliphatic heterocycles. The number of nitrogens with zero attached hydrogens (tertiary/aromatic N) is 1. The quantitative estimate of drug-likeness (QED) is 0.717. The maximum absolute atomic E-state index is 12.8. The normalized spacial score (nSPS) is 15.8. The van der Waals surface area contributed by atoms with Crippen LogP contribution in [-0.4, -0.2) is 45.9 Å². The zero-order chi connectivity index (χ0) is 21.9. The number of anilines is 1. The molecule has 7 nitrogen and oxygen atoms in total. The van der Waals surface area contributed by atoms with Crippen molar-refractivity contribution in [2.24, 2.45) is 0 Å². The van der Waals surface area contributed by atoms with E-state index < -0.39 is 36.4 Å². The van der Waals surface area contributed by atoms with Gasteiger partial charge >= 0.3 is 5.76 Å². The number of benzene rings is 2. The minimum Gasteiger partial charge on any atom is -0.322 e. The number of carbonyl (C=O) groups is 1. The van der Waals surface area contributed by atoms with Crippen molar-refractivity contribution >= 4 is 31.5 Å². The van der Waals surface area contributed by atoms with E-state index in [-0.39, 0.29) is 16.1 Å². The lowest BCUT2D eigenvalue weighted by Gasteiger charge is -2.26. The number of nitrogens with one attached hydrogen (secondary N) is 1. The molecule has 0 spiro atoms. The maximum Gasteiger partial charge on any atom is 0.341 e. The van der Waals surface area contributed by atoms with Gasteiger partial charge in [0.05, 0.1) is 9.79 Å². The summed E-state index contributed by atoms with van der Waals surface area (Å²) >= 11 is 0. The number of sulfone groups is 1. The fraction of sp³-hybridized carbons (Fsp3) is 0.316. The van der Waals surface area contributed by atoms with Crippen LogP contribution in [0.5, 0.6) is 0 Å². The van der Waals surface area contributed by atoms with Gasteiger partial charge in [-0.1, -0.05) is 12.5 Å². The van der Waals surface area contributed by atoms with Gasteiger partial charge in [-0.15, -0.1) is 0 Å². The number of carbonyl (C=O) groups excluding carboxylic acids is 1. The number of rotatable bonds is 6. The van der Waals surface area contributed by atoms with Crippen molar-refractivity contribution in [2.45, 2.75) is 34.8 Å². The van der Waals surface area contributed by atoms with Gasteiger partial charge in [-0.2, -0.15) is 13.1 Å². The van der Waals surface area contributed by atoms with Crippen molar-refractivity contribution in [1.29, 1.82) is 0 Å². The molecule has 11 heteroatoms. The number of alkyl halides is 2. The van der Waals surface area contributed by atoms with E-state index in [4.69, 9.17) is 0 Å². The van der Waals surface area contributed by atoms with Crippen LogP contribution < -0.4 is 5.32 Å². The van der Waals surface area contributed by atoms with E-state index in [1.807, 2.05) is 0 Å². The predicted octanol–water partition coefficient (Wildman–Crippen LogP) is 3.11. The summed E-state index contributed by atoms with van der Waals surface area (Å²) in [6.45, 7) is 0.874. The molecular formula is C19H20F2N2O5S2. The Balaban J connectivity index is 1.77. The average molecular weight is 459 g/mol. The van der Waals surface area contributed by atoms with Gasteiger partial charge in [-0.05, 0) is 55.3 Å². The van der Waals surface area contributed by atoms with E-state index in [1.165, 1.54) is 40.7 Å². The summed E-state index contributed by atoms with van der Waals surface area (Å²) in [4.78, 5) is 11.9. The first-order chi connectivity index (χ1) is 14.1. The first kappa shape index (κ1) is 22.3. The minimum atomic E-state index is -4.72. The molecule has 0 radical (unpaired) electrons. The highest BCUT2D eigenvalue weighted by molar-refractivity contribution is 7.91. The standard InChI is InChI=1S/C19H20F2N2O5S2/c20-19(21)29(25,26)16-9-7-15(8-10-16)22-18(24)14-5-4-6-17(13-14)30(27,28)23-11-2-1-3-12-23/h4-10,13,19H,1-3,11-12H2,(H,22,24). The van der Waals surface area contributed by atoms with Gasteiger partial charge in [0.25, 0.3) is 5.91 Å². The van der Waals surface area contributed by atoms with Gasteiger partial charge in [0, 0.05) is 24.3 Å². The lowest BCUT2D eigenvalue weighted by Crippen LogP contribution is -2.35. The molecule has 1 aliphatic rings. The zero-order valence-corrected chi connectivity index (χ0v) is 17.4. The zero-order valence-electron chi connectivity index (χ0n) is 15.8. The summed E-state index contributed by atoms with van der Waals surface area (Å²) in [7, 11) is -8.43. The second kappa shape index (κ2) is 8.78. The third-order valence-corrected chi connectivity index (χ3v) is 8.02. The number of sulfonamides is 1. The van der Waals surface area contributed by atoms with Crippen LogP contribution in [0.4, 0.5) is 14.5 Å². The summed E-state index contributed by atoms with van der Waals surface area (Å²) in [6, 6.07) is 9.90. The highest BCUT2D eigenvalue weighted by Crippen LogP contribution is 2.23. The van der Waals surface area contributed by atoms with Crippen molar-refractivity contribution in [3.8, 4) is 0 Å². The van der Waals surface area contributed by atoms with Crippen molar-refractivity contribution in [3.63, 3.8) is 0 Å². The molecular weight excluding hydrogens is 438 g/mol. The Hall–Kier alpha value is -2.37. The molecule has 2 aromatic rings. The molecule has 0 saturated carbocycles. The van der Waals surface area contributed by atoms with Gasteiger partial charge < -0.3 is 5.32 Å². The molecule has 2 aromatic carbocycles. The largest absolute Gasteiger partial charge is 0.341 e. The van der Waals surface area contributed by atoms with E-state index in [0.29, 0.717) is 13.1 Å². The third kappa shape index (κ3) is 4.68. The van der Waals surface area contributed by atoms with Crippen LogP contribution in [0.15, 0.2) is 58.3 Å². The molecule has 162 valence electrons. The van der Waals surface area contributed by atoms with Crippen LogP contribution in [0.25, 0.3) is 0 Å². The molecule has 1 amide bonds. The predicted molar refractivity (Wildman–Crippen MR) is 107 cm³/mol. The van der Waals surface area contributed by atoms with E-state index in [2.05, 4.69) is 5.32 Å². The lowest BCUT2D eigenvalue weighted by atomic mass is 10.2. The molecule has 0 aliphatic carbocycles. The van der Waals surface area contributed by atoms with Crippen molar-refractivity contribution in [1.82, 2.24) is 4.31 Å². The Morgan fingerprint density at radius 3 is 2.13 bits per heavy atom. The van der Waals surface area contributed by atoms with Crippen molar-refractivity contribution in [3.05, 3.63) is 54.1 Å². The van der Waals surface area contributed by atoms with Gasteiger partial charge in [0.2, 0.25) is 19.9 Å². The molecule has 0 bridgehead atoms. The molecule has 0 aromatic heterocycles. The van der Waals surface area contributed by atoms with Crippen LogP contribution in [0.2, 0.25) is 0 Å². The van der Waals surface area contributed by atoms with Crippen LogP contribution in [0.1, 0.15) is 29.6 Å². The van der Waals surface area contributed by atoms with E-state index >= 15 is 0 Å². The molecule has 0 atom stereocenters. The number of piperidine rings is 1. The lowest BCUT2D eigenvalue weighted by molar-refractivity contribution is 0.102. The second-order valence-corrected chi connectivity index (χ2v) is 10.6. The molecule has 1 fully saturated rings. The summed E-state index contributed by atoms with van der Waals surface area (Å²) in [5.41, 5.74) is 0.273. The Morgan fingerprint density at radius 1 is 0.900 bits per heavy atom. The van der Waals surface area contributed by atoms with Crippen molar-refractivity contribution in [2.75, 3.05) is 18.4 Å². The Labute approximate surface area is 173 Å². The number of hydrogen-bond acceptors (Lipinski definition) is 5.